The lowest BCUT2D eigenvalue weighted by Crippen LogP contribution is -2.47. The number of benzene rings is 2. The molecule has 1 fully saturated rings. The van der Waals surface area contributed by atoms with E-state index in [4.69, 9.17) is 21.7 Å². The Morgan fingerprint density at radius 3 is 1.90 bits per heavy atom. The van der Waals surface area contributed by atoms with E-state index in [1.165, 1.54) is 5.69 Å². The molecule has 1 aliphatic heterocycles. The highest BCUT2D eigenvalue weighted by molar-refractivity contribution is 7.71. The summed E-state index contributed by atoms with van der Waals surface area (Å²) in [6.07, 6.45) is 0. The molecule has 152 valence electrons. The molecule has 1 aliphatic rings. The van der Waals surface area contributed by atoms with Gasteiger partial charge in [0.15, 0.2) is 0 Å². The summed E-state index contributed by atoms with van der Waals surface area (Å²) in [4.78, 5) is 4.71. The first-order chi connectivity index (χ1) is 14.2. The van der Waals surface area contributed by atoms with Crippen LogP contribution in [0.3, 0.4) is 0 Å². The summed E-state index contributed by atoms with van der Waals surface area (Å²) in [5.74, 6) is 1.67. The lowest BCUT2D eigenvalue weighted by molar-refractivity contribution is 0.193. The van der Waals surface area contributed by atoms with E-state index in [1.807, 2.05) is 36.4 Å². The van der Waals surface area contributed by atoms with Crippen LogP contribution < -0.4 is 14.4 Å². The maximum atomic E-state index is 5.58. The number of ether oxygens (including phenoxy) is 2. The van der Waals surface area contributed by atoms with Crippen LogP contribution in [0.4, 0.5) is 5.69 Å². The number of methoxy groups -OCH3 is 2. The Bertz CT molecular complexity index is 991. The Labute approximate surface area is 174 Å². The summed E-state index contributed by atoms with van der Waals surface area (Å²) in [6, 6.07) is 15.8. The fraction of sp³-hybridized carbons (Fsp3) is 0.350. The molecule has 3 aromatic rings. The third-order valence-corrected chi connectivity index (χ3v) is 5.48. The average Bonchev–Trinajstić information content (AvgIpc) is 3.14. The number of tetrazole rings is 1. The van der Waals surface area contributed by atoms with Gasteiger partial charge in [-0.15, -0.1) is 0 Å². The van der Waals surface area contributed by atoms with E-state index in [0.717, 1.165) is 43.4 Å². The Balaban J connectivity index is 1.38. The molecule has 0 unspecified atom stereocenters. The van der Waals surface area contributed by atoms with Crippen molar-refractivity contribution in [2.75, 3.05) is 45.3 Å². The van der Waals surface area contributed by atoms with Crippen LogP contribution in [0.2, 0.25) is 0 Å². The fourth-order valence-electron chi connectivity index (χ4n) is 3.38. The van der Waals surface area contributed by atoms with E-state index in [9.17, 15) is 0 Å². The van der Waals surface area contributed by atoms with E-state index in [2.05, 4.69) is 32.4 Å². The second-order valence-electron chi connectivity index (χ2n) is 6.82. The van der Waals surface area contributed by atoms with Crippen molar-refractivity contribution in [3.05, 3.63) is 53.3 Å². The minimum atomic E-state index is 0.577. The van der Waals surface area contributed by atoms with Gasteiger partial charge in [0.05, 0.1) is 26.6 Å². The third kappa shape index (κ3) is 4.25. The second kappa shape index (κ2) is 8.62. The van der Waals surface area contributed by atoms with Crippen LogP contribution in [0.5, 0.6) is 11.5 Å². The van der Waals surface area contributed by atoms with Gasteiger partial charge in [-0.1, -0.05) is 0 Å². The van der Waals surface area contributed by atoms with Gasteiger partial charge in [-0.25, -0.2) is 4.68 Å². The highest BCUT2D eigenvalue weighted by atomic mass is 32.1. The zero-order chi connectivity index (χ0) is 20.2. The zero-order valence-corrected chi connectivity index (χ0v) is 17.4. The van der Waals surface area contributed by atoms with Crippen LogP contribution in [-0.2, 0) is 6.67 Å². The number of hydrogen-bond acceptors (Lipinski definition) is 7. The molecule has 1 saturated heterocycles. The summed E-state index contributed by atoms with van der Waals surface area (Å²) in [5, 5.41) is 8.47. The van der Waals surface area contributed by atoms with Crippen LogP contribution in [0, 0.1) is 4.77 Å². The maximum absolute atomic E-state index is 5.58. The molecule has 0 N–H and O–H groups in total. The number of aromatic nitrogens is 4. The van der Waals surface area contributed by atoms with Gasteiger partial charge in [-0.3, -0.25) is 4.90 Å². The minimum Gasteiger partial charge on any atom is -0.497 e. The van der Waals surface area contributed by atoms with E-state index in [-0.39, 0.29) is 0 Å². The predicted molar refractivity (Wildman–Crippen MR) is 114 cm³/mol. The summed E-state index contributed by atoms with van der Waals surface area (Å²) in [6.45, 7) is 4.40. The third-order valence-electron chi connectivity index (χ3n) is 5.10. The van der Waals surface area contributed by atoms with Crippen molar-refractivity contribution in [1.29, 1.82) is 0 Å². The van der Waals surface area contributed by atoms with Crippen molar-refractivity contribution in [3.63, 3.8) is 0 Å². The zero-order valence-electron chi connectivity index (χ0n) is 16.6. The van der Waals surface area contributed by atoms with E-state index < -0.39 is 0 Å². The van der Waals surface area contributed by atoms with Gasteiger partial charge in [0, 0.05) is 31.9 Å². The molecule has 9 heteroatoms. The Hall–Kier alpha value is -2.91. The molecule has 0 aliphatic carbocycles. The predicted octanol–water partition coefficient (Wildman–Crippen LogP) is 2.60. The SMILES string of the molecule is COc1ccc(N2CCN(Cn3nnn(-c4ccc(OC)cc4)c3=S)CC2)cc1. The monoisotopic (exact) mass is 412 g/mol. The van der Waals surface area contributed by atoms with Crippen LogP contribution in [-0.4, -0.2) is 65.1 Å². The summed E-state index contributed by atoms with van der Waals surface area (Å²) in [5.41, 5.74) is 2.08. The number of anilines is 1. The normalized spacial score (nSPS) is 14.8. The molecule has 1 aromatic heterocycles. The number of hydrogen-bond donors (Lipinski definition) is 0. The molecule has 0 atom stereocenters. The fourth-order valence-corrected chi connectivity index (χ4v) is 3.61. The minimum absolute atomic E-state index is 0.577. The second-order valence-corrected chi connectivity index (χ2v) is 7.18. The first kappa shape index (κ1) is 19.4. The smallest absolute Gasteiger partial charge is 0.221 e. The summed E-state index contributed by atoms with van der Waals surface area (Å²) >= 11 is 5.58. The van der Waals surface area contributed by atoms with Gasteiger partial charge in [0.2, 0.25) is 4.77 Å². The van der Waals surface area contributed by atoms with Crippen molar-refractivity contribution in [2.24, 2.45) is 0 Å². The highest BCUT2D eigenvalue weighted by Gasteiger charge is 2.18. The van der Waals surface area contributed by atoms with Crippen molar-refractivity contribution in [3.8, 4) is 17.2 Å². The van der Waals surface area contributed by atoms with Crippen molar-refractivity contribution in [1.82, 2.24) is 24.7 Å². The molecule has 0 spiro atoms. The maximum Gasteiger partial charge on any atom is 0.221 e. The molecule has 8 nitrogen and oxygen atoms in total. The first-order valence-corrected chi connectivity index (χ1v) is 9.87. The topological polar surface area (TPSA) is 60.6 Å². The molecule has 0 amide bonds. The van der Waals surface area contributed by atoms with Gasteiger partial charge < -0.3 is 14.4 Å². The molecule has 4 rings (SSSR count). The molecule has 0 saturated carbocycles. The summed E-state index contributed by atoms with van der Waals surface area (Å²) in [7, 11) is 3.33. The molecule has 2 heterocycles. The van der Waals surface area contributed by atoms with Crippen LogP contribution >= 0.6 is 12.2 Å². The Morgan fingerprint density at radius 1 is 0.793 bits per heavy atom. The lowest BCUT2D eigenvalue weighted by Gasteiger charge is -2.35. The van der Waals surface area contributed by atoms with Gasteiger partial charge in [0.1, 0.15) is 11.5 Å². The average molecular weight is 413 g/mol. The van der Waals surface area contributed by atoms with E-state index in [0.29, 0.717) is 11.4 Å². The van der Waals surface area contributed by atoms with Gasteiger partial charge in [-0.05, 0) is 71.2 Å². The highest BCUT2D eigenvalue weighted by Crippen LogP contribution is 2.21. The molecule has 29 heavy (non-hydrogen) atoms. The van der Waals surface area contributed by atoms with Crippen molar-refractivity contribution in [2.45, 2.75) is 6.67 Å². The van der Waals surface area contributed by atoms with Gasteiger partial charge in [-0.2, -0.15) is 4.68 Å². The number of nitrogens with zero attached hydrogens (tertiary/aromatic N) is 6. The van der Waals surface area contributed by atoms with Crippen molar-refractivity contribution < 1.29 is 9.47 Å². The Morgan fingerprint density at radius 2 is 1.34 bits per heavy atom. The number of rotatable bonds is 6. The van der Waals surface area contributed by atoms with Gasteiger partial charge in [0.25, 0.3) is 0 Å². The van der Waals surface area contributed by atoms with Gasteiger partial charge >= 0.3 is 0 Å². The van der Waals surface area contributed by atoms with E-state index >= 15 is 0 Å². The first-order valence-electron chi connectivity index (χ1n) is 9.46. The molecular formula is C20H24N6O2S. The van der Waals surface area contributed by atoms with Crippen LogP contribution in [0.25, 0.3) is 5.69 Å². The van der Waals surface area contributed by atoms with E-state index in [1.54, 1.807) is 23.6 Å². The van der Waals surface area contributed by atoms with Crippen LogP contribution in [0.15, 0.2) is 48.5 Å². The number of piperazine rings is 1. The largest absolute Gasteiger partial charge is 0.497 e. The summed E-state index contributed by atoms with van der Waals surface area (Å²) < 4.78 is 14.4. The molecule has 0 bridgehead atoms. The molecule has 2 aromatic carbocycles. The van der Waals surface area contributed by atoms with Crippen LogP contribution in [0.1, 0.15) is 0 Å². The quantitative estimate of drug-likeness (QED) is 0.577. The van der Waals surface area contributed by atoms with Crippen molar-refractivity contribution >= 4 is 17.9 Å². The molecule has 0 radical (unpaired) electrons. The Kier molecular flexibility index (Phi) is 5.77. The lowest BCUT2D eigenvalue weighted by atomic mass is 10.2. The molecular weight excluding hydrogens is 388 g/mol. The standard InChI is InChI=1S/C20H24N6O2S/c1-27-18-7-3-16(4-8-18)24-13-11-23(12-14-24)15-25-20(29)26(22-21-25)17-5-9-19(28-2)10-6-17/h3-10H,11-15H2,1-2H3.